The maximum Gasteiger partial charge on any atom is 0.240 e. The van der Waals surface area contributed by atoms with Gasteiger partial charge in [-0.15, -0.1) is 0 Å². The molecule has 1 amide bonds. The third-order valence-electron chi connectivity index (χ3n) is 5.67. The fourth-order valence-electron chi connectivity index (χ4n) is 3.63. The van der Waals surface area contributed by atoms with E-state index in [9.17, 15) is 13.2 Å². The SMILES string of the molecule is COc1ccc(S(=O)(=O)NC2CC2)cc1NC(=O)C1(c2ccc(Cl)cc2)CCC1. The molecule has 0 aliphatic heterocycles. The number of carbonyl (C=O) groups excluding carboxylic acids is 1. The fraction of sp³-hybridized carbons (Fsp3) is 0.381. The van der Waals surface area contributed by atoms with Crippen molar-refractivity contribution in [1.29, 1.82) is 0 Å². The Morgan fingerprint density at radius 2 is 1.83 bits per heavy atom. The molecule has 2 saturated carbocycles. The first-order valence-electron chi connectivity index (χ1n) is 9.62. The minimum absolute atomic E-state index is 0.00305. The van der Waals surface area contributed by atoms with Crippen molar-refractivity contribution < 1.29 is 17.9 Å². The van der Waals surface area contributed by atoms with E-state index in [4.69, 9.17) is 16.3 Å². The van der Waals surface area contributed by atoms with Crippen LogP contribution in [-0.4, -0.2) is 27.5 Å². The lowest BCUT2D eigenvalue weighted by Gasteiger charge is -2.40. The first-order chi connectivity index (χ1) is 13.8. The second kappa shape index (κ2) is 7.63. The van der Waals surface area contributed by atoms with Crippen LogP contribution in [0.1, 0.15) is 37.7 Å². The highest BCUT2D eigenvalue weighted by atomic mass is 35.5. The summed E-state index contributed by atoms with van der Waals surface area (Å²) in [4.78, 5) is 13.4. The van der Waals surface area contributed by atoms with Gasteiger partial charge in [-0.25, -0.2) is 13.1 Å². The second-order valence-electron chi connectivity index (χ2n) is 7.65. The summed E-state index contributed by atoms with van der Waals surface area (Å²) in [6.45, 7) is 0. The number of ether oxygens (including phenoxy) is 1. The Kier molecular flexibility index (Phi) is 5.31. The molecule has 2 fully saturated rings. The molecule has 2 aromatic carbocycles. The monoisotopic (exact) mass is 434 g/mol. The molecule has 154 valence electrons. The number of hydrogen-bond donors (Lipinski definition) is 2. The number of sulfonamides is 1. The average molecular weight is 435 g/mol. The molecule has 0 spiro atoms. The zero-order valence-corrected chi connectivity index (χ0v) is 17.6. The number of nitrogens with one attached hydrogen (secondary N) is 2. The summed E-state index contributed by atoms with van der Waals surface area (Å²) < 4.78 is 33.1. The first-order valence-corrected chi connectivity index (χ1v) is 11.5. The van der Waals surface area contributed by atoms with Gasteiger partial charge in [0.2, 0.25) is 15.9 Å². The molecule has 4 rings (SSSR count). The summed E-state index contributed by atoms with van der Waals surface area (Å²) >= 11 is 5.99. The Bertz CT molecular complexity index is 1030. The molecule has 2 N–H and O–H groups in total. The third-order valence-corrected chi connectivity index (χ3v) is 7.44. The van der Waals surface area contributed by atoms with E-state index in [0.717, 1.165) is 37.7 Å². The van der Waals surface area contributed by atoms with Crippen LogP contribution < -0.4 is 14.8 Å². The molecule has 0 bridgehead atoms. The predicted octanol–water partition coefficient (Wildman–Crippen LogP) is 3.85. The van der Waals surface area contributed by atoms with E-state index in [1.54, 1.807) is 18.2 Å². The Labute approximate surface area is 175 Å². The summed E-state index contributed by atoms with van der Waals surface area (Å²) in [7, 11) is -2.15. The second-order valence-corrected chi connectivity index (χ2v) is 9.80. The molecular formula is C21H23ClN2O4S. The first kappa shape index (κ1) is 20.2. The van der Waals surface area contributed by atoms with Crippen LogP contribution in [0.2, 0.25) is 5.02 Å². The largest absolute Gasteiger partial charge is 0.495 e. The maximum absolute atomic E-state index is 13.3. The summed E-state index contributed by atoms with van der Waals surface area (Å²) in [5.41, 5.74) is 0.608. The van der Waals surface area contributed by atoms with Gasteiger partial charge in [0.15, 0.2) is 0 Å². The van der Waals surface area contributed by atoms with Gasteiger partial charge in [-0.2, -0.15) is 0 Å². The van der Waals surface area contributed by atoms with Gasteiger partial charge in [0.05, 0.1) is 23.1 Å². The molecule has 2 aliphatic carbocycles. The fourth-order valence-corrected chi connectivity index (χ4v) is 5.09. The topological polar surface area (TPSA) is 84.5 Å². The van der Waals surface area contributed by atoms with Crippen LogP contribution in [0.3, 0.4) is 0 Å². The van der Waals surface area contributed by atoms with E-state index in [2.05, 4.69) is 10.0 Å². The quantitative estimate of drug-likeness (QED) is 0.693. The number of methoxy groups -OCH3 is 1. The van der Waals surface area contributed by atoms with Crippen molar-refractivity contribution in [2.75, 3.05) is 12.4 Å². The summed E-state index contributed by atoms with van der Waals surface area (Å²) in [5.74, 6) is 0.239. The van der Waals surface area contributed by atoms with Crippen molar-refractivity contribution >= 4 is 33.2 Å². The lowest BCUT2D eigenvalue weighted by atomic mass is 9.64. The smallest absolute Gasteiger partial charge is 0.240 e. The van der Waals surface area contributed by atoms with E-state index >= 15 is 0 Å². The Hall–Kier alpha value is -2.09. The molecule has 0 unspecified atom stereocenters. The standard InChI is InChI=1S/C21H23ClN2O4S/c1-28-19-10-9-17(29(26,27)24-16-7-8-16)13-18(19)23-20(25)21(11-2-12-21)14-3-5-15(22)6-4-14/h3-6,9-10,13,16,24H,2,7-8,11-12H2,1H3,(H,23,25). The molecule has 0 aromatic heterocycles. The van der Waals surface area contributed by atoms with Crippen LogP contribution >= 0.6 is 11.6 Å². The number of carbonyl (C=O) groups is 1. The van der Waals surface area contributed by atoms with E-state index < -0.39 is 15.4 Å². The Morgan fingerprint density at radius 3 is 2.38 bits per heavy atom. The highest BCUT2D eigenvalue weighted by Crippen LogP contribution is 2.45. The van der Waals surface area contributed by atoms with Gasteiger partial charge in [-0.05, 0) is 61.6 Å². The van der Waals surface area contributed by atoms with E-state index in [1.165, 1.54) is 19.2 Å². The highest BCUT2D eigenvalue weighted by molar-refractivity contribution is 7.89. The zero-order valence-electron chi connectivity index (χ0n) is 16.1. The van der Waals surface area contributed by atoms with Crippen LogP contribution in [0, 0.1) is 0 Å². The van der Waals surface area contributed by atoms with Crippen LogP contribution in [-0.2, 0) is 20.2 Å². The molecule has 29 heavy (non-hydrogen) atoms. The minimum Gasteiger partial charge on any atom is -0.495 e. The molecule has 2 aromatic rings. The molecule has 0 radical (unpaired) electrons. The molecule has 0 atom stereocenters. The summed E-state index contributed by atoms with van der Waals surface area (Å²) in [6.07, 6.45) is 4.10. The van der Waals surface area contributed by atoms with E-state index in [-0.39, 0.29) is 16.8 Å². The van der Waals surface area contributed by atoms with Crippen molar-refractivity contribution in [3.8, 4) is 5.75 Å². The summed E-state index contributed by atoms with van der Waals surface area (Å²) in [5, 5.41) is 3.53. The number of halogens is 1. The van der Waals surface area contributed by atoms with E-state index in [1.807, 2.05) is 12.1 Å². The van der Waals surface area contributed by atoms with Crippen molar-refractivity contribution in [3.05, 3.63) is 53.1 Å². The van der Waals surface area contributed by atoms with E-state index in [0.29, 0.717) is 16.5 Å². The van der Waals surface area contributed by atoms with Crippen LogP contribution in [0.4, 0.5) is 5.69 Å². The number of amides is 1. The van der Waals surface area contributed by atoms with Gasteiger partial charge in [0.1, 0.15) is 5.75 Å². The maximum atomic E-state index is 13.3. The van der Waals surface area contributed by atoms with Crippen LogP contribution in [0.5, 0.6) is 5.75 Å². The third kappa shape index (κ3) is 3.99. The Balaban J connectivity index is 1.62. The van der Waals surface area contributed by atoms with Gasteiger partial charge < -0.3 is 10.1 Å². The number of anilines is 1. The van der Waals surface area contributed by atoms with Gasteiger partial charge in [-0.1, -0.05) is 30.2 Å². The predicted molar refractivity (Wildman–Crippen MR) is 112 cm³/mol. The average Bonchev–Trinajstić information content (AvgIpc) is 3.45. The molecule has 2 aliphatic rings. The number of hydrogen-bond acceptors (Lipinski definition) is 4. The Morgan fingerprint density at radius 1 is 1.14 bits per heavy atom. The number of rotatable bonds is 7. The van der Waals surface area contributed by atoms with Crippen molar-refractivity contribution in [3.63, 3.8) is 0 Å². The molecule has 0 heterocycles. The molecule has 0 saturated heterocycles. The lowest BCUT2D eigenvalue weighted by Crippen LogP contribution is -2.46. The van der Waals surface area contributed by atoms with Gasteiger partial charge >= 0.3 is 0 Å². The molecular weight excluding hydrogens is 412 g/mol. The van der Waals surface area contributed by atoms with Crippen molar-refractivity contribution in [1.82, 2.24) is 4.72 Å². The number of benzene rings is 2. The van der Waals surface area contributed by atoms with Gasteiger partial charge in [0.25, 0.3) is 0 Å². The van der Waals surface area contributed by atoms with Crippen LogP contribution in [0.15, 0.2) is 47.4 Å². The summed E-state index contributed by atoms with van der Waals surface area (Å²) in [6, 6.07) is 11.8. The molecule has 8 heteroatoms. The normalized spacial score (nSPS) is 18.0. The lowest BCUT2D eigenvalue weighted by molar-refractivity contribution is -0.124. The zero-order chi connectivity index (χ0) is 20.6. The minimum atomic E-state index is -3.64. The highest BCUT2D eigenvalue weighted by Gasteiger charge is 2.45. The van der Waals surface area contributed by atoms with Crippen LogP contribution in [0.25, 0.3) is 0 Å². The van der Waals surface area contributed by atoms with Gasteiger partial charge in [0, 0.05) is 11.1 Å². The van der Waals surface area contributed by atoms with Crippen molar-refractivity contribution in [2.45, 2.75) is 48.5 Å². The molecule has 6 nitrogen and oxygen atoms in total. The van der Waals surface area contributed by atoms with Crippen molar-refractivity contribution in [2.24, 2.45) is 0 Å². The van der Waals surface area contributed by atoms with Gasteiger partial charge in [-0.3, -0.25) is 4.79 Å².